The lowest BCUT2D eigenvalue weighted by Crippen LogP contribution is -2.60. The van der Waals surface area contributed by atoms with Crippen LogP contribution in [0.15, 0.2) is 85.1 Å². The van der Waals surface area contributed by atoms with E-state index in [0.29, 0.717) is 6.42 Å². The van der Waals surface area contributed by atoms with Gasteiger partial charge in [-0.1, -0.05) is 247 Å². The number of amides is 1. The van der Waals surface area contributed by atoms with Gasteiger partial charge in [-0.3, -0.25) is 4.79 Å². The Balaban J connectivity index is 2.27. The number of carbonyl (C=O) groups excluding carboxylic acids is 1. The molecule has 1 amide bonds. The molecule has 6 N–H and O–H groups in total. The third-order valence-corrected chi connectivity index (χ3v) is 13.5. The van der Waals surface area contributed by atoms with Gasteiger partial charge in [-0.25, -0.2) is 0 Å². The summed E-state index contributed by atoms with van der Waals surface area (Å²) in [4.78, 5) is 13.0. The van der Waals surface area contributed by atoms with Gasteiger partial charge in [0, 0.05) is 6.42 Å². The molecule has 410 valence electrons. The Morgan fingerprint density at radius 1 is 0.493 bits per heavy atom. The second-order valence-corrected chi connectivity index (χ2v) is 20.0. The summed E-state index contributed by atoms with van der Waals surface area (Å²) in [5.41, 5.74) is 0. The molecule has 9 nitrogen and oxygen atoms in total. The van der Waals surface area contributed by atoms with E-state index in [1.54, 1.807) is 6.08 Å². The first kappa shape index (κ1) is 66.4. The number of aliphatic hydroxyl groups is 5. The van der Waals surface area contributed by atoms with Crippen molar-refractivity contribution >= 4 is 5.91 Å². The lowest BCUT2D eigenvalue weighted by molar-refractivity contribution is -0.302. The van der Waals surface area contributed by atoms with E-state index < -0.39 is 49.5 Å². The predicted molar refractivity (Wildman–Crippen MR) is 299 cm³/mol. The molecule has 0 aromatic rings. The zero-order chi connectivity index (χ0) is 51.5. The van der Waals surface area contributed by atoms with Gasteiger partial charge < -0.3 is 40.3 Å². The lowest BCUT2D eigenvalue weighted by Gasteiger charge is -2.40. The molecule has 7 atom stereocenters. The van der Waals surface area contributed by atoms with Gasteiger partial charge in [0.05, 0.1) is 25.4 Å². The van der Waals surface area contributed by atoms with Gasteiger partial charge in [0.2, 0.25) is 5.91 Å². The van der Waals surface area contributed by atoms with E-state index in [-0.39, 0.29) is 12.5 Å². The molecule has 0 bridgehead atoms. The van der Waals surface area contributed by atoms with Crippen LogP contribution in [0.4, 0.5) is 0 Å². The number of rotatable bonds is 49. The van der Waals surface area contributed by atoms with Crippen LogP contribution >= 0.6 is 0 Å². The highest BCUT2D eigenvalue weighted by Crippen LogP contribution is 2.23. The molecule has 7 unspecified atom stereocenters. The van der Waals surface area contributed by atoms with Gasteiger partial charge in [-0.2, -0.15) is 0 Å². The van der Waals surface area contributed by atoms with E-state index in [0.717, 1.165) is 89.9 Å². The molecule has 1 heterocycles. The highest BCUT2D eigenvalue weighted by Gasteiger charge is 2.44. The summed E-state index contributed by atoms with van der Waals surface area (Å²) in [7, 11) is 0. The highest BCUT2D eigenvalue weighted by atomic mass is 16.7. The van der Waals surface area contributed by atoms with Crippen LogP contribution in [0, 0.1) is 0 Å². The van der Waals surface area contributed by atoms with Crippen LogP contribution in [0.25, 0.3) is 0 Å². The fourth-order valence-electron chi connectivity index (χ4n) is 8.85. The second kappa shape index (κ2) is 50.9. The maximum absolute atomic E-state index is 13.0. The van der Waals surface area contributed by atoms with Crippen LogP contribution in [-0.4, -0.2) is 87.5 Å². The lowest BCUT2D eigenvalue weighted by atomic mass is 9.99. The second-order valence-electron chi connectivity index (χ2n) is 20.0. The number of carbonyl (C=O) groups is 1. The van der Waals surface area contributed by atoms with Gasteiger partial charge in [0.1, 0.15) is 24.4 Å². The first-order chi connectivity index (χ1) is 34.8. The molecule has 1 saturated heterocycles. The molecule has 1 fully saturated rings. The quantitative estimate of drug-likeness (QED) is 0.0261. The van der Waals surface area contributed by atoms with Crippen molar-refractivity contribution in [1.29, 1.82) is 0 Å². The summed E-state index contributed by atoms with van der Waals surface area (Å²) in [6.07, 6.45) is 65.1. The van der Waals surface area contributed by atoms with E-state index >= 15 is 0 Å². The van der Waals surface area contributed by atoms with Crippen molar-refractivity contribution in [3.05, 3.63) is 85.1 Å². The molecular formula is C62H109NO8. The first-order valence-electron chi connectivity index (χ1n) is 29.3. The van der Waals surface area contributed by atoms with E-state index in [4.69, 9.17) is 9.47 Å². The third kappa shape index (κ3) is 40.4. The summed E-state index contributed by atoms with van der Waals surface area (Å²) in [6.45, 7) is 3.65. The maximum Gasteiger partial charge on any atom is 0.220 e. The zero-order valence-electron chi connectivity index (χ0n) is 45.5. The standard InChI is InChI=1S/C62H109NO8/c1-3-5-7-9-11-13-15-17-19-21-23-25-26-27-28-29-30-32-33-35-37-39-41-43-45-47-49-51-56(65)55(54-70-62-61(69)60(68)59(67)57(53-64)71-62)63-58(66)52-50-48-46-44-42-40-38-36-34-31-24-22-20-18-16-14-12-10-8-6-4-2/h6,8,12,14,18,20,24,31,36,38,41,43,49,51,55-57,59-62,64-65,67-69H,3-5,7,9-11,13,15-17,19,21-23,25-30,32-35,37,39-40,42,44-48,50,52-54H2,1-2H3,(H,63,66)/b8-6-,14-12-,20-18-,31-24-,38-36-,43-41+,51-49+. The van der Waals surface area contributed by atoms with Crippen LogP contribution in [-0.2, 0) is 14.3 Å². The van der Waals surface area contributed by atoms with E-state index in [1.165, 1.54) is 135 Å². The van der Waals surface area contributed by atoms with Gasteiger partial charge in [-0.15, -0.1) is 0 Å². The van der Waals surface area contributed by atoms with Gasteiger partial charge in [0.25, 0.3) is 0 Å². The molecule has 0 radical (unpaired) electrons. The molecular weight excluding hydrogens is 887 g/mol. The highest BCUT2D eigenvalue weighted by molar-refractivity contribution is 5.76. The van der Waals surface area contributed by atoms with Crippen LogP contribution in [0.1, 0.15) is 245 Å². The number of allylic oxidation sites excluding steroid dienone is 13. The fourth-order valence-corrected chi connectivity index (χ4v) is 8.85. The third-order valence-electron chi connectivity index (χ3n) is 13.5. The van der Waals surface area contributed by atoms with Crippen molar-refractivity contribution in [3.63, 3.8) is 0 Å². The predicted octanol–water partition coefficient (Wildman–Crippen LogP) is 14.6. The molecule has 71 heavy (non-hydrogen) atoms. The molecule has 0 aromatic carbocycles. The number of hydrogen-bond donors (Lipinski definition) is 6. The molecule has 0 aromatic heterocycles. The largest absolute Gasteiger partial charge is 0.394 e. The minimum atomic E-state index is -1.58. The van der Waals surface area contributed by atoms with E-state index in [1.807, 2.05) is 6.08 Å². The van der Waals surface area contributed by atoms with Crippen molar-refractivity contribution in [3.8, 4) is 0 Å². The van der Waals surface area contributed by atoms with Gasteiger partial charge in [-0.05, 0) is 77.0 Å². The van der Waals surface area contributed by atoms with Crippen molar-refractivity contribution in [2.24, 2.45) is 0 Å². The Bertz CT molecular complexity index is 1390. The SMILES string of the molecule is CC/C=C\C/C=C\C/C=C\C/C=C\C/C=C\CCCCCCCC(=O)NC(COC1OC(CO)C(O)C(O)C1O)C(O)/C=C/CC/C=C/CCCCCCCCCCCCCCCCCCCCCCC. The molecule has 0 spiro atoms. The molecule has 1 rings (SSSR count). The minimum absolute atomic E-state index is 0.207. The van der Waals surface area contributed by atoms with Crippen LogP contribution in [0.3, 0.4) is 0 Å². The molecule has 0 saturated carbocycles. The smallest absolute Gasteiger partial charge is 0.220 e. The summed E-state index contributed by atoms with van der Waals surface area (Å²) in [5, 5.41) is 54.5. The Morgan fingerprint density at radius 2 is 0.887 bits per heavy atom. The Kier molecular flexibility index (Phi) is 47.6. The van der Waals surface area contributed by atoms with Crippen LogP contribution < -0.4 is 5.32 Å². The average Bonchev–Trinajstić information content (AvgIpc) is 3.37. The Morgan fingerprint density at radius 3 is 1.35 bits per heavy atom. The summed E-state index contributed by atoms with van der Waals surface area (Å²) < 4.78 is 11.3. The minimum Gasteiger partial charge on any atom is -0.394 e. The first-order valence-corrected chi connectivity index (χ1v) is 29.3. The topological polar surface area (TPSA) is 149 Å². The normalized spacial score (nSPS) is 19.9. The zero-order valence-corrected chi connectivity index (χ0v) is 45.5. The van der Waals surface area contributed by atoms with Crippen molar-refractivity contribution in [2.45, 2.75) is 288 Å². The summed E-state index contributed by atoms with van der Waals surface area (Å²) >= 11 is 0. The number of unbranched alkanes of at least 4 members (excludes halogenated alkanes) is 27. The monoisotopic (exact) mass is 996 g/mol. The number of hydrogen-bond acceptors (Lipinski definition) is 8. The number of aliphatic hydroxyl groups excluding tert-OH is 5. The Labute approximate surface area is 435 Å². The molecule has 1 aliphatic heterocycles. The number of ether oxygens (including phenoxy) is 2. The van der Waals surface area contributed by atoms with E-state index in [9.17, 15) is 30.3 Å². The van der Waals surface area contributed by atoms with Crippen molar-refractivity contribution < 1.29 is 39.8 Å². The summed E-state index contributed by atoms with van der Waals surface area (Å²) in [6, 6.07) is -0.839. The van der Waals surface area contributed by atoms with Crippen molar-refractivity contribution in [2.75, 3.05) is 13.2 Å². The Hall–Kier alpha value is -2.63. The fraction of sp³-hybridized carbons (Fsp3) is 0.758. The molecule has 9 heteroatoms. The molecule has 0 aliphatic carbocycles. The average molecular weight is 997 g/mol. The van der Waals surface area contributed by atoms with Crippen molar-refractivity contribution in [1.82, 2.24) is 5.32 Å². The molecule has 1 aliphatic rings. The maximum atomic E-state index is 13.0. The van der Waals surface area contributed by atoms with Gasteiger partial charge >= 0.3 is 0 Å². The summed E-state index contributed by atoms with van der Waals surface area (Å²) in [5.74, 6) is -0.207. The number of nitrogens with one attached hydrogen (secondary N) is 1. The van der Waals surface area contributed by atoms with E-state index in [2.05, 4.69) is 92.1 Å². The van der Waals surface area contributed by atoms with Crippen LogP contribution in [0.5, 0.6) is 0 Å². The van der Waals surface area contributed by atoms with Gasteiger partial charge in [0.15, 0.2) is 6.29 Å². The van der Waals surface area contributed by atoms with Crippen LogP contribution in [0.2, 0.25) is 0 Å².